The van der Waals surface area contributed by atoms with Crippen LogP contribution in [0.3, 0.4) is 0 Å². The van der Waals surface area contributed by atoms with E-state index >= 15 is 0 Å². The molecule has 33 heavy (non-hydrogen) atoms. The Balaban J connectivity index is 1.60. The van der Waals surface area contributed by atoms with Crippen molar-refractivity contribution in [2.45, 2.75) is 6.61 Å². The van der Waals surface area contributed by atoms with Gasteiger partial charge in [0.1, 0.15) is 29.0 Å². The fraction of sp³-hybridized carbons (Fsp3) is 0.154. The van der Waals surface area contributed by atoms with Crippen LogP contribution in [0.4, 0.5) is 0 Å². The van der Waals surface area contributed by atoms with Crippen LogP contribution in [-0.2, 0) is 16.1 Å². The van der Waals surface area contributed by atoms with Crippen molar-refractivity contribution in [3.8, 4) is 22.6 Å². The van der Waals surface area contributed by atoms with Crippen molar-refractivity contribution in [1.82, 2.24) is 5.32 Å². The fourth-order valence-electron chi connectivity index (χ4n) is 3.26. The highest BCUT2D eigenvalue weighted by Crippen LogP contribution is 2.33. The van der Waals surface area contributed by atoms with Crippen LogP contribution in [0.25, 0.3) is 17.2 Å². The zero-order valence-electron chi connectivity index (χ0n) is 18.1. The summed E-state index contributed by atoms with van der Waals surface area (Å²) in [6, 6.07) is 23.8. The molecule has 0 aromatic heterocycles. The number of thiocarbonyl (C=S) groups is 1. The average Bonchev–Trinajstić information content (AvgIpc) is 3.16. The van der Waals surface area contributed by atoms with Crippen LogP contribution in [0.5, 0.6) is 11.5 Å². The smallest absolute Gasteiger partial charge is 0.263 e. The normalized spacial score (nSPS) is 14.4. The Hall–Kier alpha value is -3.13. The quantitative estimate of drug-likeness (QED) is 0.251. The summed E-state index contributed by atoms with van der Waals surface area (Å²) in [4.78, 5) is 12.8. The topological polar surface area (TPSA) is 56.8 Å². The molecule has 0 radical (unpaired) electrons. The van der Waals surface area contributed by atoms with Crippen LogP contribution in [0.15, 0.2) is 77.7 Å². The summed E-state index contributed by atoms with van der Waals surface area (Å²) in [5.41, 5.74) is 3.91. The van der Waals surface area contributed by atoms with Crippen molar-refractivity contribution in [1.29, 1.82) is 0 Å². The molecule has 1 fully saturated rings. The van der Waals surface area contributed by atoms with Gasteiger partial charge in [-0.05, 0) is 47.0 Å². The van der Waals surface area contributed by atoms with Gasteiger partial charge in [0.05, 0.1) is 11.5 Å². The number of nitrogens with one attached hydrogen (secondary N) is 1. The molecule has 0 aliphatic carbocycles. The van der Waals surface area contributed by atoms with Crippen molar-refractivity contribution < 1.29 is 19.0 Å². The molecule has 0 unspecified atom stereocenters. The maximum atomic E-state index is 12.2. The Bertz CT molecular complexity index is 1160. The number of methoxy groups -OCH3 is 1. The first kappa shape index (κ1) is 23.0. The summed E-state index contributed by atoms with van der Waals surface area (Å²) in [6.45, 7) is 1.48. The van der Waals surface area contributed by atoms with Crippen LogP contribution in [0.1, 0.15) is 11.1 Å². The molecule has 7 heteroatoms. The van der Waals surface area contributed by atoms with Gasteiger partial charge in [-0.2, -0.15) is 0 Å². The van der Waals surface area contributed by atoms with E-state index in [-0.39, 0.29) is 5.91 Å². The largest absolute Gasteiger partial charge is 0.491 e. The van der Waals surface area contributed by atoms with E-state index in [4.69, 9.17) is 26.4 Å². The highest BCUT2D eigenvalue weighted by Gasteiger charge is 2.22. The summed E-state index contributed by atoms with van der Waals surface area (Å²) in [6.07, 6.45) is 1.82. The van der Waals surface area contributed by atoms with Crippen LogP contribution in [-0.4, -0.2) is 30.6 Å². The molecule has 1 amide bonds. The van der Waals surface area contributed by atoms with Gasteiger partial charge in [-0.25, -0.2) is 0 Å². The van der Waals surface area contributed by atoms with Gasteiger partial charge in [0.25, 0.3) is 5.91 Å². The summed E-state index contributed by atoms with van der Waals surface area (Å²) >= 11 is 6.38. The Morgan fingerprint density at radius 1 is 0.939 bits per heavy atom. The first-order valence-corrected chi connectivity index (χ1v) is 11.6. The van der Waals surface area contributed by atoms with E-state index < -0.39 is 0 Å². The van der Waals surface area contributed by atoms with Crippen molar-refractivity contribution in [3.05, 3.63) is 88.8 Å². The van der Waals surface area contributed by atoms with Crippen LogP contribution in [0.2, 0.25) is 0 Å². The number of carbonyl (C=O) groups excluding carboxylic acids is 1. The lowest BCUT2D eigenvalue weighted by molar-refractivity contribution is -0.115. The van der Waals surface area contributed by atoms with E-state index in [9.17, 15) is 4.79 Å². The molecule has 1 aliphatic rings. The lowest BCUT2D eigenvalue weighted by atomic mass is 10.0. The number of hydrogen-bond acceptors (Lipinski definition) is 6. The first-order valence-electron chi connectivity index (χ1n) is 10.4. The molecular formula is C26H23NO4S2. The second kappa shape index (κ2) is 11.1. The summed E-state index contributed by atoms with van der Waals surface area (Å²) in [5.74, 6) is 1.29. The third-order valence-electron chi connectivity index (χ3n) is 4.92. The van der Waals surface area contributed by atoms with E-state index in [0.29, 0.717) is 34.8 Å². The maximum absolute atomic E-state index is 12.2. The lowest BCUT2D eigenvalue weighted by Gasteiger charge is -2.12. The first-order chi connectivity index (χ1) is 16.1. The van der Waals surface area contributed by atoms with E-state index in [1.807, 2.05) is 78.9 Å². The van der Waals surface area contributed by atoms with E-state index in [0.717, 1.165) is 28.0 Å². The van der Waals surface area contributed by atoms with Crippen molar-refractivity contribution in [3.63, 3.8) is 0 Å². The average molecular weight is 478 g/mol. The van der Waals surface area contributed by atoms with Crippen LogP contribution >= 0.6 is 24.0 Å². The number of ether oxygens (including phenoxy) is 3. The highest BCUT2D eigenvalue weighted by molar-refractivity contribution is 8.26. The molecular weight excluding hydrogens is 454 g/mol. The number of thioether (sulfide) groups is 1. The van der Waals surface area contributed by atoms with Gasteiger partial charge in [-0.3, -0.25) is 4.79 Å². The van der Waals surface area contributed by atoms with Gasteiger partial charge < -0.3 is 19.5 Å². The molecule has 4 rings (SSSR count). The zero-order valence-corrected chi connectivity index (χ0v) is 19.7. The van der Waals surface area contributed by atoms with Crippen molar-refractivity contribution in [2.75, 3.05) is 20.3 Å². The van der Waals surface area contributed by atoms with Gasteiger partial charge in [-0.15, -0.1) is 0 Å². The lowest BCUT2D eigenvalue weighted by Crippen LogP contribution is -2.17. The maximum Gasteiger partial charge on any atom is 0.263 e. The molecule has 0 atom stereocenters. The molecule has 0 saturated carbocycles. The molecule has 168 valence electrons. The predicted molar refractivity (Wildman–Crippen MR) is 136 cm³/mol. The van der Waals surface area contributed by atoms with Gasteiger partial charge in [0, 0.05) is 12.7 Å². The van der Waals surface area contributed by atoms with Crippen molar-refractivity contribution in [2.24, 2.45) is 0 Å². The number of amides is 1. The highest BCUT2D eigenvalue weighted by atomic mass is 32.2. The van der Waals surface area contributed by atoms with Crippen molar-refractivity contribution >= 4 is 40.3 Å². The van der Waals surface area contributed by atoms with Crippen LogP contribution in [0, 0.1) is 0 Å². The van der Waals surface area contributed by atoms with Gasteiger partial charge >= 0.3 is 0 Å². The third kappa shape index (κ3) is 6.22. The molecule has 1 aliphatic heterocycles. The SMILES string of the molecule is COCCOc1ccc(-c2ccc(OCc3ccccc3)c(C=C3SC(=S)NC3=O)c2)cc1. The minimum Gasteiger partial charge on any atom is -0.491 e. The monoisotopic (exact) mass is 477 g/mol. The molecule has 1 saturated heterocycles. The Labute approximate surface area is 202 Å². The van der Waals surface area contributed by atoms with E-state index in [2.05, 4.69) is 5.32 Å². The molecule has 1 N–H and O–H groups in total. The fourth-order valence-corrected chi connectivity index (χ4v) is 4.29. The number of carbonyl (C=O) groups is 1. The minimum atomic E-state index is -0.193. The molecule has 3 aromatic carbocycles. The predicted octanol–water partition coefficient (Wildman–Crippen LogP) is 5.45. The number of hydrogen-bond donors (Lipinski definition) is 1. The zero-order chi connectivity index (χ0) is 23.0. The summed E-state index contributed by atoms with van der Waals surface area (Å²) < 4.78 is 17.2. The third-order valence-corrected chi connectivity index (χ3v) is 6.08. The van der Waals surface area contributed by atoms with E-state index in [1.54, 1.807) is 7.11 Å². The molecule has 1 heterocycles. The molecule has 0 spiro atoms. The Morgan fingerprint density at radius 2 is 1.70 bits per heavy atom. The summed E-state index contributed by atoms with van der Waals surface area (Å²) in [5, 5.41) is 2.66. The van der Waals surface area contributed by atoms with Gasteiger partial charge in [0.2, 0.25) is 0 Å². The molecule has 3 aromatic rings. The second-order valence-electron chi connectivity index (χ2n) is 7.24. The molecule has 0 bridgehead atoms. The Kier molecular flexibility index (Phi) is 7.78. The van der Waals surface area contributed by atoms with Gasteiger partial charge in [0.15, 0.2) is 0 Å². The van der Waals surface area contributed by atoms with Gasteiger partial charge in [-0.1, -0.05) is 72.5 Å². The standard InChI is InChI=1S/C26H23NO4S2/c1-29-13-14-30-22-10-7-19(8-11-22)20-9-12-23(31-17-18-5-3-2-4-6-18)21(15-20)16-24-25(28)27-26(32)33-24/h2-12,15-16H,13-14,17H2,1H3,(H,27,28,32). The van der Waals surface area contributed by atoms with Crippen LogP contribution < -0.4 is 14.8 Å². The van der Waals surface area contributed by atoms with E-state index in [1.165, 1.54) is 11.8 Å². The summed E-state index contributed by atoms with van der Waals surface area (Å²) in [7, 11) is 1.65. The Morgan fingerprint density at radius 3 is 2.39 bits per heavy atom. The number of benzene rings is 3. The minimum absolute atomic E-state index is 0.193. The second-order valence-corrected chi connectivity index (χ2v) is 8.96. The number of rotatable bonds is 9. The molecule has 5 nitrogen and oxygen atoms in total.